The fourth-order valence-electron chi connectivity index (χ4n) is 3.14. The number of rotatable bonds is 5. The lowest BCUT2D eigenvalue weighted by molar-refractivity contribution is 0.102. The molecule has 26 heavy (non-hydrogen) atoms. The number of hydrogen-bond acceptors (Lipinski definition) is 3. The van der Waals surface area contributed by atoms with Crippen LogP contribution in [0, 0.1) is 5.82 Å². The minimum atomic E-state index is -3.33. The largest absolute Gasteiger partial charge is 0.322 e. The minimum Gasteiger partial charge on any atom is -0.322 e. The van der Waals surface area contributed by atoms with E-state index in [9.17, 15) is 17.6 Å². The Kier molecular flexibility index (Phi) is 5.27. The Labute approximate surface area is 152 Å². The van der Waals surface area contributed by atoms with Gasteiger partial charge in [-0.05, 0) is 55.2 Å². The second kappa shape index (κ2) is 7.45. The molecule has 2 aromatic carbocycles. The van der Waals surface area contributed by atoms with Gasteiger partial charge in [0.2, 0.25) is 10.0 Å². The fraction of sp³-hybridized carbons (Fsp3) is 0.316. The smallest absolute Gasteiger partial charge is 0.258 e. The summed E-state index contributed by atoms with van der Waals surface area (Å²) in [5.41, 5.74) is 2.01. The number of aryl methyl sites for hydroxylation is 1. The van der Waals surface area contributed by atoms with E-state index in [-0.39, 0.29) is 11.3 Å². The quantitative estimate of drug-likeness (QED) is 0.867. The highest BCUT2D eigenvalue weighted by molar-refractivity contribution is 7.92. The molecule has 0 fully saturated rings. The molecule has 3 rings (SSSR count). The van der Waals surface area contributed by atoms with Crippen LogP contribution in [-0.2, 0) is 16.4 Å². The number of halogens is 1. The Morgan fingerprint density at radius 1 is 1.23 bits per heavy atom. The van der Waals surface area contributed by atoms with Crippen molar-refractivity contribution in [2.75, 3.05) is 21.9 Å². The van der Waals surface area contributed by atoms with Crippen LogP contribution >= 0.6 is 0 Å². The number of fused-ring (bicyclic) bond motifs is 1. The fourth-order valence-corrected chi connectivity index (χ4v) is 4.76. The summed E-state index contributed by atoms with van der Waals surface area (Å²) in [6.07, 6.45) is 2.02. The summed E-state index contributed by atoms with van der Waals surface area (Å²) >= 11 is 0. The van der Waals surface area contributed by atoms with Crippen LogP contribution in [0.25, 0.3) is 0 Å². The summed E-state index contributed by atoms with van der Waals surface area (Å²) in [7, 11) is -3.33. The Balaban J connectivity index is 1.85. The molecule has 0 spiro atoms. The molecule has 1 N–H and O–H groups in total. The molecule has 0 aliphatic carbocycles. The number of anilines is 2. The van der Waals surface area contributed by atoms with Crippen LogP contribution in [0.15, 0.2) is 42.5 Å². The number of benzene rings is 2. The van der Waals surface area contributed by atoms with Crippen molar-refractivity contribution in [2.24, 2.45) is 0 Å². The van der Waals surface area contributed by atoms with Crippen molar-refractivity contribution < 1.29 is 17.6 Å². The van der Waals surface area contributed by atoms with E-state index in [1.165, 1.54) is 22.5 Å². The number of carbonyl (C=O) groups is 1. The van der Waals surface area contributed by atoms with Gasteiger partial charge in [-0.3, -0.25) is 9.10 Å². The predicted octanol–water partition coefficient (Wildman–Crippen LogP) is 3.57. The van der Waals surface area contributed by atoms with Gasteiger partial charge in [-0.25, -0.2) is 12.8 Å². The highest BCUT2D eigenvalue weighted by Gasteiger charge is 2.27. The second-order valence-electron chi connectivity index (χ2n) is 6.27. The van der Waals surface area contributed by atoms with Crippen LogP contribution in [0.5, 0.6) is 0 Å². The van der Waals surface area contributed by atoms with Gasteiger partial charge in [0.1, 0.15) is 5.82 Å². The summed E-state index contributed by atoms with van der Waals surface area (Å²) in [5, 5.41) is 2.68. The minimum absolute atomic E-state index is 0.0302. The third-order valence-electron chi connectivity index (χ3n) is 4.33. The van der Waals surface area contributed by atoms with Crippen LogP contribution in [0.1, 0.15) is 35.7 Å². The molecular weight excluding hydrogens is 355 g/mol. The van der Waals surface area contributed by atoms with Crippen molar-refractivity contribution in [1.82, 2.24) is 0 Å². The van der Waals surface area contributed by atoms with Crippen molar-refractivity contribution in [3.8, 4) is 0 Å². The van der Waals surface area contributed by atoms with Crippen LogP contribution in [0.2, 0.25) is 0 Å². The molecule has 7 heteroatoms. The molecule has 138 valence electrons. The zero-order chi connectivity index (χ0) is 18.7. The first kappa shape index (κ1) is 18.4. The zero-order valence-corrected chi connectivity index (χ0v) is 15.4. The van der Waals surface area contributed by atoms with Gasteiger partial charge in [0.25, 0.3) is 5.91 Å². The molecule has 0 aromatic heterocycles. The van der Waals surface area contributed by atoms with Gasteiger partial charge in [-0.15, -0.1) is 0 Å². The Morgan fingerprint density at radius 3 is 2.73 bits per heavy atom. The monoisotopic (exact) mass is 376 g/mol. The van der Waals surface area contributed by atoms with Crippen molar-refractivity contribution in [1.29, 1.82) is 0 Å². The third-order valence-corrected chi connectivity index (χ3v) is 6.30. The molecule has 1 amide bonds. The maximum atomic E-state index is 13.7. The molecule has 1 aliphatic rings. The highest BCUT2D eigenvalue weighted by atomic mass is 32.2. The van der Waals surface area contributed by atoms with E-state index in [0.717, 1.165) is 18.4 Å². The zero-order valence-electron chi connectivity index (χ0n) is 14.5. The van der Waals surface area contributed by atoms with E-state index in [0.29, 0.717) is 24.3 Å². The van der Waals surface area contributed by atoms with E-state index in [2.05, 4.69) is 5.32 Å². The molecule has 0 atom stereocenters. The lowest BCUT2D eigenvalue weighted by Gasteiger charge is -2.30. The van der Waals surface area contributed by atoms with Gasteiger partial charge in [0.05, 0.1) is 17.0 Å². The van der Waals surface area contributed by atoms with E-state index < -0.39 is 21.7 Å². The van der Waals surface area contributed by atoms with Gasteiger partial charge in [0.15, 0.2) is 0 Å². The lowest BCUT2D eigenvalue weighted by Crippen LogP contribution is -2.37. The first-order chi connectivity index (χ1) is 12.4. The average molecular weight is 376 g/mol. The maximum Gasteiger partial charge on any atom is 0.258 e. The van der Waals surface area contributed by atoms with Gasteiger partial charge in [0, 0.05) is 12.2 Å². The van der Waals surface area contributed by atoms with E-state index in [1.807, 2.05) is 6.92 Å². The lowest BCUT2D eigenvalue weighted by atomic mass is 10.0. The molecule has 1 heterocycles. The molecule has 2 aromatic rings. The molecule has 0 saturated carbocycles. The van der Waals surface area contributed by atoms with Crippen molar-refractivity contribution in [3.05, 3.63) is 59.4 Å². The summed E-state index contributed by atoms with van der Waals surface area (Å²) in [4.78, 5) is 12.3. The summed E-state index contributed by atoms with van der Waals surface area (Å²) < 4.78 is 40.1. The number of hydrogen-bond donors (Lipinski definition) is 1. The molecule has 0 radical (unpaired) electrons. The SMILES string of the molecule is CCCS(=O)(=O)N1CCCc2cc(NC(=O)c3ccccc3F)ccc21. The number of nitrogens with zero attached hydrogens (tertiary/aromatic N) is 1. The summed E-state index contributed by atoms with van der Waals surface area (Å²) in [6, 6.07) is 10.9. The van der Waals surface area contributed by atoms with Gasteiger partial charge in [-0.2, -0.15) is 0 Å². The highest BCUT2D eigenvalue weighted by Crippen LogP contribution is 2.32. The number of carbonyl (C=O) groups excluding carboxylic acids is 1. The van der Waals surface area contributed by atoms with E-state index in [4.69, 9.17) is 0 Å². The third kappa shape index (κ3) is 3.72. The number of amides is 1. The Hall–Kier alpha value is -2.41. The van der Waals surface area contributed by atoms with Crippen LogP contribution < -0.4 is 9.62 Å². The average Bonchev–Trinajstić information content (AvgIpc) is 2.61. The Bertz CT molecular complexity index is 928. The van der Waals surface area contributed by atoms with E-state index in [1.54, 1.807) is 24.3 Å². The molecular formula is C19H21FN2O3S. The standard InChI is InChI=1S/C19H21FN2O3S/c1-2-12-26(24,25)22-11-5-6-14-13-15(9-10-18(14)22)21-19(23)16-7-3-4-8-17(16)20/h3-4,7-10,13H,2,5-6,11-12H2,1H3,(H,21,23). The van der Waals surface area contributed by atoms with Gasteiger partial charge < -0.3 is 5.32 Å². The topological polar surface area (TPSA) is 66.5 Å². The summed E-state index contributed by atoms with van der Waals surface area (Å²) in [5.74, 6) is -1.01. The Morgan fingerprint density at radius 2 is 2.00 bits per heavy atom. The van der Waals surface area contributed by atoms with Crippen LogP contribution in [0.3, 0.4) is 0 Å². The molecule has 0 saturated heterocycles. The van der Waals surface area contributed by atoms with Crippen LogP contribution in [0.4, 0.5) is 15.8 Å². The van der Waals surface area contributed by atoms with E-state index >= 15 is 0 Å². The summed E-state index contributed by atoms with van der Waals surface area (Å²) in [6.45, 7) is 2.31. The predicted molar refractivity (Wildman–Crippen MR) is 101 cm³/mol. The molecule has 1 aliphatic heterocycles. The van der Waals surface area contributed by atoms with Gasteiger partial charge in [-0.1, -0.05) is 19.1 Å². The number of sulfonamides is 1. The number of nitrogens with one attached hydrogen (secondary N) is 1. The molecule has 0 bridgehead atoms. The van der Waals surface area contributed by atoms with Crippen molar-refractivity contribution >= 4 is 27.3 Å². The second-order valence-corrected chi connectivity index (χ2v) is 8.28. The normalized spacial score (nSPS) is 14.0. The van der Waals surface area contributed by atoms with Gasteiger partial charge >= 0.3 is 0 Å². The maximum absolute atomic E-state index is 13.7. The van der Waals surface area contributed by atoms with Crippen molar-refractivity contribution in [3.63, 3.8) is 0 Å². The first-order valence-electron chi connectivity index (χ1n) is 8.61. The molecule has 0 unspecified atom stereocenters. The molecule has 5 nitrogen and oxygen atoms in total. The van der Waals surface area contributed by atoms with Crippen molar-refractivity contribution in [2.45, 2.75) is 26.2 Å². The van der Waals surface area contributed by atoms with Crippen LogP contribution in [-0.4, -0.2) is 26.6 Å². The first-order valence-corrected chi connectivity index (χ1v) is 10.2.